The molecular weight excluding hydrogens is 141 g/mol. The molecule has 0 fully saturated rings. The lowest BCUT2D eigenvalue weighted by Crippen LogP contribution is -1.66. The molecule has 0 radical (unpaired) electrons. The first-order valence-corrected chi connectivity index (χ1v) is 2.55. The van der Waals surface area contributed by atoms with Crippen molar-refractivity contribution in [1.82, 2.24) is 0 Å². The van der Waals surface area contributed by atoms with E-state index in [0.29, 0.717) is 0 Å². The number of nitroso groups, excluding NO2 is 1. The number of rotatable bonds is 0. The molecule has 0 amide bonds. The summed E-state index contributed by atoms with van der Waals surface area (Å²) in [6, 6.07) is 0. The Morgan fingerprint density at radius 1 is 1.12 bits per heavy atom. The summed E-state index contributed by atoms with van der Waals surface area (Å²) in [6.07, 6.45) is 0. The van der Waals surface area contributed by atoms with Crippen molar-refractivity contribution in [2.45, 2.75) is 0 Å². The molecule has 0 rings (SSSR count). The maximum absolute atomic E-state index is 8.88. The SMILES string of the molecule is N=O.O.O=P(O)(O)O. The van der Waals surface area contributed by atoms with Crippen molar-refractivity contribution >= 4 is 7.82 Å². The molecular formula is H6NO6P. The highest BCUT2D eigenvalue weighted by Gasteiger charge is 2.00. The van der Waals surface area contributed by atoms with Crippen molar-refractivity contribution in [1.29, 1.82) is 5.59 Å². The van der Waals surface area contributed by atoms with Gasteiger partial charge < -0.3 is 20.2 Å². The number of phosphoric acid groups is 1. The minimum atomic E-state index is -4.64. The fourth-order valence-electron chi connectivity index (χ4n) is 0. The first-order valence-electron chi connectivity index (χ1n) is 0.987. The largest absolute Gasteiger partial charge is 0.466 e. The van der Waals surface area contributed by atoms with Gasteiger partial charge in [0.25, 0.3) is 0 Å². The lowest BCUT2D eigenvalue weighted by atomic mass is 13.8. The van der Waals surface area contributed by atoms with Gasteiger partial charge in [0.05, 0.1) is 0 Å². The Hall–Kier alpha value is -0.330. The zero-order valence-corrected chi connectivity index (χ0v) is 4.50. The summed E-state index contributed by atoms with van der Waals surface area (Å²) in [4.78, 5) is 29.1. The molecule has 0 aliphatic heterocycles. The highest BCUT2D eigenvalue weighted by Crippen LogP contribution is 2.25. The number of nitrogens with one attached hydrogen (secondary N) is 1. The molecule has 0 saturated heterocycles. The molecule has 0 atom stereocenters. The van der Waals surface area contributed by atoms with Crippen molar-refractivity contribution in [2.75, 3.05) is 0 Å². The van der Waals surface area contributed by atoms with E-state index in [1.54, 1.807) is 0 Å². The van der Waals surface area contributed by atoms with Crippen molar-refractivity contribution in [3.63, 3.8) is 0 Å². The Kier molecular flexibility index (Phi) is 13.0. The summed E-state index contributed by atoms with van der Waals surface area (Å²) in [6.45, 7) is 0. The molecule has 0 aliphatic carbocycles. The first kappa shape index (κ1) is 15.6. The molecule has 6 N–H and O–H groups in total. The predicted molar refractivity (Wildman–Crippen MR) is 24.0 cm³/mol. The Balaban J connectivity index is -0.0000000750. The molecule has 0 aliphatic rings. The van der Waals surface area contributed by atoms with Crippen LogP contribution in [0.3, 0.4) is 0 Å². The zero-order chi connectivity index (χ0) is 6.50. The molecule has 8 heteroatoms. The van der Waals surface area contributed by atoms with Gasteiger partial charge in [-0.1, -0.05) is 5.59 Å². The van der Waals surface area contributed by atoms with E-state index >= 15 is 0 Å². The fraction of sp³-hybridized carbons (Fsp3) is 0. The monoisotopic (exact) mass is 147 g/mol. The summed E-state index contributed by atoms with van der Waals surface area (Å²) >= 11 is 0. The standard InChI is InChI=1S/HNO.H3O4P.H2O/c1-2;1-5(2,3)4;/h1H;(H3,1,2,3,4);1H2. The molecule has 7 nitrogen and oxygen atoms in total. The Morgan fingerprint density at radius 3 is 1.12 bits per heavy atom. The predicted octanol–water partition coefficient (Wildman–Crippen LogP) is -1.42. The summed E-state index contributed by atoms with van der Waals surface area (Å²) in [5.74, 6) is 0. The van der Waals surface area contributed by atoms with Gasteiger partial charge in [-0.25, -0.2) is 4.57 Å². The van der Waals surface area contributed by atoms with Gasteiger partial charge in [-0.05, 0) is 0 Å². The van der Waals surface area contributed by atoms with Crippen molar-refractivity contribution in [3.8, 4) is 0 Å². The van der Waals surface area contributed by atoms with E-state index in [1.807, 2.05) is 0 Å². The van der Waals surface area contributed by atoms with Crippen LogP contribution in [0.4, 0.5) is 0 Å². The molecule has 8 heavy (non-hydrogen) atoms. The highest BCUT2D eigenvalue weighted by molar-refractivity contribution is 7.45. The van der Waals surface area contributed by atoms with Crippen LogP contribution in [0.5, 0.6) is 0 Å². The third-order valence-electron chi connectivity index (χ3n) is 0. The van der Waals surface area contributed by atoms with Gasteiger partial charge >= 0.3 is 7.82 Å². The molecule has 0 aromatic rings. The molecule has 0 heterocycles. The minimum Gasteiger partial charge on any atom is -0.412 e. The fourth-order valence-corrected chi connectivity index (χ4v) is 0. The van der Waals surface area contributed by atoms with E-state index in [9.17, 15) is 0 Å². The van der Waals surface area contributed by atoms with E-state index in [4.69, 9.17) is 24.2 Å². The van der Waals surface area contributed by atoms with E-state index in [0.717, 1.165) is 0 Å². The van der Waals surface area contributed by atoms with Crippen molar-refractivity contribution < 1.29 is 24.7 Å². The first-order chi connectivity index (χ1) is 3.00. The van der Waals surface area contributed by atoms with Crippen LogP contribution in [0.1, 0.15) is 0 Å². The number of hydrogen-bond acceptors (Lipinski definition) is 3. The Morgan fingerprint density at radius 2 is 1.12 bits per heavy atom. The van der Waals surface area contributed by atoms with E-state index in [-0.39, 0.29) is 5.48 Å². The average Bonchev–Trinajstić information content (AvgIpc) is 1.36. The molecule has 0 unspecified atom stereocenters. The Bertz CT molecular complexity index is 64.3. The lowest BCUT2D eigenvalue weighted by Gasteiger charge is -1.82. The second kappa shape index (κ2) is 6.67. The normalized spacial score (nSPS) is 7.88. The van der Waals surface area contributed by atoms with E-state index in [1.165, 1.54) is 0 Å². The van der Waals surface area contributed by atoms with Crippen LogP contribution in [-0.2, 0) is 4.57 Å². The maximum Gasteiger partial charge on any atom is 0.466 e. The second-order valence-electron chi connectivity index (χ2n) is 0.513. The van der Waals surface area contributed by atoms with Gasteiger partial charge in [0, 0.05) is 0 Å². The van der Waals surface area contributed by atoms with Gasteiger partial charge in [-0.2, -0.15) is 4.91 Å². The quantitative estimate of drug-likeness (QED) is 0.245. The summed E-state index contributed by atoms with van der Waals surface area (Å²) in [5.41, 5.74) is 4.50. The van der Waals surface area contributed by atoms with Crippen LogP contribution in [0.25, 0.3) is 0 Å². The smallest absolute Gasteiger partial charge is 0.412 e. The van der Waals surface area contributed by atoms with Crippen molar-refractivity contribution in [3.05, 3.63) is 4.91 Å². The average molecular weight is 147 g/mol. The third-order valence-corrected chi connectivity index (χ3v) is 0. The minimum absolute atomic E-state index is 0. The van der Waals surface area contributed by atoms with Gasteiger partial charge in [0.15, 0.2) is 0 Å². The third kappa shape index (κ3) is 1140. The van der Waals surface area contributed by atoms with E-state index in [2.05, 4.69) is 5.59 Å². The highest BCUT2D eigenvalue weighted by atomic mass is 31.2. The van der Waals surface area contributed by atoms with Crippen LogP contribution in [0, 0.1) is 10.5 Å². The molecule has 0 saturated carbocycles. The van der Waals surface area contributed by atoms with Gasteiger partial charge in [0.1, 0.15) is 0 Å². The maximum atomic E-state index is 8.88. The van der Waals surface area contributed by atoms with E-state index < -0.39 is 7.82 Å². The summed E-state index contributed by atoms with van der Waals surface area (Å²) in [7, 11) is -4.64. The molecule has 0 spiro atoms. The molecule has 0 bridgehead atoms. The number of hydrogen-bond donors (Lipinski definition) is 4. The van der Waals surface area contributed by atoms with Crippen LogP contribution in [0.15, 0.2) is 0 Å². The molecule has 0 aromatic heterocycles. The topological polar surface area (TPSA) is 150 Å². The Labute approximate surface area is 44.3 Å². The zero-order valence-electron chi connectivity index (χ0n) is 3.61. The second-order valence-corrected chi connectivity index (χ2v) is 1.54. The summed E-state index contributed by atoms with van der Waals surface area (Å²) < 4.78 is 8.88. The summed E-state index contributed by atoms with van der Waals surface area (Å²) in [5, 5.41) is 0. The van der Waals surface area contributed by atoms with Crippen LogP contribution >= 0.6 is 7.82 Å². The molecule has 0 aromatic carbocycles. The van der Waals surface area contributed by atoms with Crippen LogP contribution in [0.2, 0.25) is 0 Å². The van der Waals surface area contributed by atoms with Crippen LogP contribution < -0.4 is 0 Å². The van der Waals surface area contributed by atoms with Gasteiger partial charge in [0.2, 0.25) is 0 Å². The lowest BCUT2D eigenvalue weighted by molar-refractivity contribution is 0.275. The van der Waals surface area contributed by atoms with Crippen LogP contribution in [-0.4, -0.2) is 20.2 Å². The van der Waals surface area contributed by atoms with Gasteiger partial charge in [-0.15, -0.1) is 0 Å². The molecule has 52 valence electrons. The van der Waals surface area contributed by atoms with Crippen molar-refractivity contribution in [2.24, 2.45) is 0 Å². The van der Waals surface area contributed by atoms with Gasteiger partial charge in [-0.3, -0.25) is 0 Å².